The largest absolute Gasteiger partial charge is 0.497 e. The maximum Gasteiger partial charge on any atom is 0.193 e. The Bertz CT molecular complexity index is 1060. The van der Waals surface area contributed by atoms with Crippen molar-refractivity contribution in [2.24, 2.45) is 0 Å². The number of nitrogens with one attached hydrogen (secondary N) is 2. The fraction of sp³-hybridized carbons (Fsp3) is 0.0833. The van der Waals surface area contributed by atoms with Gasteiger partial charge in [-0.25, -0.2) is 0 Å². The number of benzene rings is 3. The molecule has 1 aliphatic rings. The van der Waals surface area contributed by atoms with Gasteiger partial charge in [-0.3, -0.25) is 4.79 Å². The molecule has 0 saturated heterocycles. The number of ketones is 1. The molecule has 144 valence electrons. The third-order valence-electron chi connectivity index (χ3n) is 4.86. The van der Waals surface area contributed by atoms with E-state index >= 15 is 0 Å². The molecular weight excluding hydrogens is 380 g/mol. The van der Waals surface area contributed by atoms with Crippen LogP contribution in [0.15, 0.2) is 90.5 Å². The lowest BCUT2D eigenvalue weighted by Gasteiger charge is -2.32. The zero-order chi connectivity index (χ0) is 20.2. The molecule has 2 N–H and O–H groups in total. The van der Waals surface area contributed by atoms with Crippen molar-refractivity contribution in [1.82, 2.24) is 10.6 Å². The van der Waals surface area contributed by atoms with E-state index in [9.17, 15) is 4.79 Å². The first-order valence-electron chi connectivity index (χ1n) is 9.28. The van der Waals surface area contributed by atoms with E-state index in [1.54, 1.807) is 7.11 Å². The number of carbonyl (C=O) groups is 1. The van der Waals surface area contributed by atoms with Crippen LogP contribution in [0.1, 0.15) is 27.5 Å². The Kier molecular flexibility index (Phi) is 5.40. The summed E-state index contributed by atoms with van der Waals surface area (Å²) in [5, 5.41) is 6.96. The number of thiocarbonyl (C=S) groups is 1. The highest BCUT2D eigenvalue weighted by molar-refractivity contribution is 7.80. The molecule has 1 unspecified atom stereocenters. The molecule has 0 bridgehead atoms. The van der Waals surface area contributed by atoms with Crippen LogP contribution >= 0.6 is 12.2 Å². The van der Waals surface area contributed by atoms with Crippen LogP contribution in [-0.4, -0.2) is 18.0 Å². The molecule has 0 aliphatic carbocycles. The Morgan fingerprint density at radius 1 is 0.897 bits per heavy atom. The van der Waals surface area contributed by atoms with Gasteiger partial charge >= 0.3 is 0 Å². The molecule has 1 atom stereocenters. The maximum atomic E-state index is 13.6. The lowest BCUT2D eigenvalue weighted by atomic mass is 9.87. The van der Waals surface area contributed by atoms with Gasteiger partial charge in [0.15, 0.2) is 10.9 Å². The molecule has 5 heteroatoms. The summed E-state index contributed by atoms with van der Waals surface area (Å²) in [7, 11) is 1.63. The summed E-state index contributed by atoms with van der Waals surface area (Å²) in [5.74, 6) is 0.709. The van der Waals surface area contributed by atoms with Crippen LogP contribution in [0.3, 0.4) is 0 Å². The molecule has 1 heterocycles. The monoisotopic (exact) mass is 400 g/mol. The van der Waals surface area contributed by atoms with Gasteiger partial charge in [-0.15, -0.1) is 0 Å². The molecule has 4 rings (SSSR count). The average Bonchev–Trinajstić information content (AvgIpc) is 2.79. The first-order valence-corrected chi connectivity index (χ1v) is 9.69. The van der Waals surface area contributed by atoms with Crippen molar-refractivity contribution >= 4 is 28.8 Å². The van der Waals surface area contributed by atoms with Crippen molar-refractivity contribution in [2.45, 2.75) is 6.04 Å². The predicted molar refractivity (Wildman–Crippen MR) is 119 cm³/mol. The summed E-state index contributed by atoms with van der Waals surface area (Å²) in [6, 6.07) is 26.4. The van der Waals surface area contributed by atoms with Crippen LogP contribution in [0.25, 0.3) is 5.70 Å². The van der Waals surface area contributed by atoms with E-state index in [0.717, 1.165) is 22.6 Å². The smallest absolute Gasteiger partial charge is 0.193 e. The first-order chi connectivity index (χ1) is 14.2. The molecule has 0 aromatic heterocycles. The molecular formula is C24H20N2O2S. The van der Waals surface area contributed by atoms with Crippen molar-refractivity contribution < 1.29 is 9.53 Å². The van der Waals surface area contributed by atoms with Crippen molar-refractivity contribution in [1.29, 1.82) is 0 Å². The van der Waals surface area contributed by atoms with Crippen molar-refractivity contribution in [3.63, 3.8) is 0 Å². The number of carbonyl (C=O) groups excluding carboxylic acids is 1. The van der Waals surface area contributed by atoms with E-state index in [4.69, 9.17) is 17.0 Å². The summed E-state index contributed by atoms with van der Waals surface area (Å²) < 4.78 is 5.27. The van der Waals surface area contributed by atoms with Gasteiger partial charge in [-0.1, -0.05) is 72.8 Å². The maximum absolute atomic E-state index is 13.6. The van der Waals surface area contributed by atoms with E-state index in [1.165, 1.54) is 0 Å². The van der Waals surface area contributed by atoms with Crippen LogP contribution in [0.4, 0.5) is 0 Å². The number of hydrogen-bond acceptors (Lipinski definition) is 3. The summed E-state index contributed by atoms with van der Waals surface area (Å²) >= 11 is 5.47. The molecule has 0 radical (unpaired) electrons. The van der Waals surface area contributed by atoms with Gasteiger partial charge in [0.1, 0.15) is 5.75 Å². The fourth-order valence-corrected chi connectivity index (χ4v) is 3.65. The Morgan fingerprint density at radius 3 is 2.14 bits per heavy atom. The molecule has 0 fully saturated rings. The topological polar surface area (TPSA) is 50.4 Å². The minimum Gasteiger partial charge on any atom is -0.497 e. The minimum atomic E-state index is -0.377. The summed E-state index contributed by atoms with van der Waals surface area (Å²) in [6.07, 6.45) is 0. The highest BCUT2D eigenvalue weighted by Crippen LogP contribution is 2.34. The fourth-order valence-electron chi connectivity index (χ4n) is 3.43. The van der Waals surface area contributed by atoms with Gasteiger partial charge in [0.25, 0.3) is 0 Å². The number of ether oxygens (including phenoxy) is 1. The Morgan fingerprint density at radius 2 is 1.52 bits per heavy atom. The number of hydrogen-bond donors (Lipinski definition) is 2. The minimum absolute atomic E-state index is 0.0484. The van der Waals surface area contributed by atoms with Crippen molar-refractivity contribution in [3.05, 3.63) is 107 Å². The lowest BCUT2D eigenvalue weighted by molar-refractivity contribution is 0.102. The Hall–Kier alpha value is -3.44. The first kappa shape index (κ1) is 18.9. The molecule has 3 aromatic carbocycles. The second kappa shape index (κ2) is 8.29. The average molecular weight is 401 g/mol. The SMILES string of the molecule is COc1ccc(C2NC(=S)NC(c3ccccc3)=C2C(=O)c2ccccc2)cc1. The van der Waals surface area contributed by atoms with Crippen LogP contribution in [-0.2, 0) is 0 Å². The van der Waals surface area contributed by atoms with Crippen LogP contribution in [0.5, 0.6) is 5.75 Å². The van der Waals surface area contributed by atoms with Crippen LogP contribution in [0, 0.1) is 0 Å². The zero-order valence-corrected chi connectivity index (χ0v) is 16.7. The Balaban J connectivity index is 1.90. The number of Topliss-reactive ketones (excluding diaryl/α,β-unsaturated/α-hetero) is 1. The molecule has 0 spiro atoms. The standard InChI is InChI=1S/C24H20N2O2S/c1-28-19-14-12-17(13-15-19)22-20(23(27)18-10-6-3-7-11-18)21(25-24(29)26-22)16-8-4-2-5-9-16/h2-15,22H,1H3,(H2,25,26,29). The molecule has 4 nitrogen and oxygen atoms in total. The van der Waals surface area contributed by atoms with Gasteiger partial charge in [-0.05, 0) is 35.5 Å². The third kappa shape index (κ3) is 3.91. The van der Waals surface area contributed by atoms with Crippen LogP contribution in [0.2, 0.25) is 0 Å². The molecule has 3 aromatic rings. The lowest BCUT2D eigenvalue weighted by Crippen LogP contribution is -2.44. The van der Waals surface area contributed by atoms with E-state index in [0.29, 0.717) is 16.2 Å². The number of methoxy groups -OCH3 is 1. The molecule has 1 aliphatic heterocycles. The summed E-state index contributed by atoms with van der Waals surface area (Å²) in [4.78, 5) is 13.6. The van der Waals surface area contributed by atoms with Gasteiger partial charge < -0.3 is 15.4 Å². The molecule has 0 amide bonds. The Labute approximate surface area is 175 Å². The van der Waals surface area contributed by atoms with Crippen molar-refractivity contribution in [2.75, 3.05) is 7.11 Å². The highest BCUT2D eigenvalue weighted by Gasteiger charge is 2.32. The van der Waals surface area contributed by atoms with Gasteiger partial charge in [-0.2, -0.15) is 0 Å². The number of rotatable bonds is 5. The third-order valence-corrected chi connectivity index (χ3v) is 5.08. The quantitative estimate of drug-likeness (QED) is 0.488. The van der Waals surface area contributed by atoms with Crippen molar-refractivity contribution in [3.8, 4) is 5.75 Å². The second-order valence-electron chi connectivity index (χ2n) is 6.65. The summed E-state index contributed by atoms with van der Waals surface area (Å²) in [6.45, 7) is 0. The molecule has 29 heavy (non-hydrogen) atoms. The summed E-state index contributed by atoms with van der Waals surface area (Å²) in [5.41, 5.74) is 3.83. The second-order valence-corrected chi connectivity index (χ2v) is 7.06. The van der Waals surface area contributed by atoms with E-state index in [2.05, 4.69) is 10.6 Å². The predicted octanol–water partition coefficient (Wildman–Crippen LogP) is 4.51. The van der Waals surface area contributed by atoms with Gasteiger partial charge in [0, 0.05) is 5.56 Å². The van der Waals surface area contributed by atoms with Gasteiger partial charge in [0.05, 0.1) is 24.4 Å². The normalized spacial score (nSPS) is 16.0. The highest BCUT2D eigenvalue weighted by atomic mass is 32.1. The van der Waals surface area contributed by atoms with Gasteiger partial charge in [0.2, 0.25) is 0 Å². The molecule has 0 saturated carbocycles. The zero-order valence-electron chi connectivity index (χ0n) is 15.9. The van der Waals surface area contributed by atoms with E-state index in [-0.39, 0.29) is 11.8 Å². The van der Waals surface area contributed by atoms with E-state index < -0.39 is 0 Å². The van der Waals surface area contributed by atoms with Crippen LogP contribution < -0.4 is 15.4 Å². The van der Waals surface area contributed by atoms with E-state index in [1.807, 2.05) is 84.9 Å².